The molecule has 4 nitrogen and oxygen atoms in total. The first-order valence-electron chi connectivity index (χ1n) is 6.76. The van der Waals surface area contributed by atoms with Crippen LogP contribution < -0.4 is 15.4 Å². The van der Waals surface area contributed by atoms with Crippen molar-refractivity contribution in [1.82, 2.24) is 10.6 Å². The Hall–Kier alpha value is -1.55. The van der Waals surface area contributed by atoms with Crippen LogP contribution in [-0.2, 0) is 11.2 Å². The molecule has 1 aromatic rings. The van der Waals surface area contributed by atoms with E-state index in [4.69, 9.17) is 4.74 Å². The van der Waals surface area contributed by atoms with Gasteiger partial charge in [0.25, 0.3) is 0 Å². The summed E-state index contributed by atoms with van der Waals surface area (Å²) in [6.45, 7) is 4.06. The van der Waals surface area contributed by atoms with Crippen molar-refractivity contribution in [1.29, 1.82) is 0 Å². The summed E-state index contributed by atoms with van der Waals surface area (Å²) in [4.78, 5) is 12.1. The summed E-state index contributed by atoms with van der Waals surface area (Å²) < 4.78 is 5.17. The fraction of sp³-hybridized carbons (Fsp3) is 0.533. The molecule has 19 heavy (non-hydrogen) atoms. The summed E-state index contributed by atoms with van der Waals surface area (Å²) in [6, 6.07) is 7.65. The number of piperidine rings is 1. The zero-order valence-corrected chi connectivity index (χ0v) is 11.7. The maximum atomic E-state index is 12.1. The second-order valence-electron chi connectivity index (χ2n) is 5.39. The molecule has 1 heterocycles. The van der Waals surface area contributed by atoms with Crippen LogP contribution in [0.2, 0.25) is 0 Å². The molecule has 0 aromatic heterocycles. The van der Waals surface area contributed by atoms with E-state index >= 15 is 0 Å². The summed E-state index contributed by atoms with van der Waals surface area (Å²) in [5.41, 5.74) is 0.913. The highest BCUT2D eigenvalue weighted by molar-refractivity contribution is 5.79. The molecule has 2 N–H and O–H groups in total. The Bertz CT molecular complexity index is 440. The first-order chi connectivity index (χ1) is 9.11. The number of carbonyl (C=O) groups is 1. The van der Waals surface area contributed by atoms with Gasteiger partial charge in [0.1, 0.15) is 5.75 Å². The second kappa shape index (κ2) is 6.06. The van der Waals surface area contributed by atoms with Crippen LogP contribution in [0, 0.1) is 0 Å². The van der Waals surface area contributed by atoms with E-state index in [2.05, 4.69) is 17.6 Å². The molecule has 1 aliphatic rings. The summed E-state index contributed by atoms with van der Waals surface area (Å²) >= 11 is 0. The SMILES string of the molecule is COc1cccc(CC(=O)NC2(C)CCNCC2)c1. The maximum absolute atomic E-state index is 12.1. The number of methoxy groups -OCH3 is 1. The molecule has 0 spiro atoms. The Morgan fingerprint density at radius 2 is 2.16 bits per heavy atom. The Kier molecular flexibility index (Phi) is 4.43. The van der Waals surface area contributed by atoms with Gasteiger partial charge in [-0.05, 0) is 50.6 Å². The van der Waals surface area contributed by atoms with Crippen molar-refractivity contribution in [3.05, 3.63) is 29.8 Å². The van der Waals surface area contributed by atoms with Crippen molar-refractivity contribution in [2.75, 3.05) is 20.2 Å². The van der Waals surface area contributed by atoms with E-state index in [1.807, 2.05) is 24.3 Å². The Morgan fingerprint density at radius 1 is 1.42 bits per heavy atom. The summed E-state index contributed by atoms with van der Waals surface area (Å²) in [5, 5.41) is 6.47. The predicted octanol–water partition coefficient (Wildman–Crippen LogP) is 1.50. The summed E-state index contributed by atoms with van der Waals surface area (Å²) in [7, 11) is 1.63. The molecule has 4 heteroatoms. The Morgan fingerprint density at radius 3 is 2.84 bits per heavy atom. The molecule has 1 saturated heterocycles. The van der Waals surface area contributed by atoms with Gasteiger partial charge in [-0.25, -0.2) is 0 Å². The molecule has 0 unspecified atom stereocenters. The van der Waals surface area contributed by atoms with Gasteiger partial charge in [0.15, 0.2) is 0 Å². The van der Waals surface area contributed by atoms with Gasteiger partial charge in [0, 0.05) is 5.54 Å². The number of hydrogen-bond donors (Lipinski definition) is 2. The van der Waals surface area contributed by atoms with Crippen molar-refractivity contribution >= 4 is 5.91 Å². The standard InChI is InChI=1S/C15H22N2O2/c1-15(6-8-16-9-7-15)17-14(18)11-12-4-3-5-13(10-12)19-2/h3-5,10,16H,6-9,11H2,1-2H3,(H,17,18). The highest BCUT2D eigenvalue weighted by Gasteiger charge is 2.28. The molecule has 1 fully saturated rings. The largest absolute Gasteiger partial charge is 0.497 e. The Labute approximate surface area is 114 Å². The van der Waals surface area contributed by atoms with Crippen molar-refractivity contribution in [3.8, 4) is 5.75 Å². The lowest BCUT2D eigenvalue weighted by molar-refractivity contribution is -0.122. The minimum Gasteiger partial charge on any atom is -0.497 e. The normalized spacial score (nSPS) is 17.8. The smallest absolute Gasteiger partial charge is 0.224 e. The van der Waals surface area contributed by atoms with Gasteiger partial charge >= 0.3 is 0 Å². The monoisotopic (exact) mass is 262 g/mol. The van der Waals surface area contributed by atoms with E-state index in [9.17, 15) is 4.79 Å². The molecule has 104 valence electrons. The van der Waals surface area contributed by atoms with E-state index in [1.165, 1.54) is 0 Å². The molecule has 0 bridgehead atoms. The lowest BCUT2D eigenvalue weighted by atomic mass is 9.90. The first kappa shape index (κ1) is 13.9. The third-order valence-electron chi connectivity index (χ3n) is 3.65. The van der Waals surface area contributed by atoms with E-state index in [-0.39, 0.29) is 11.4 Å². The number of carbonyl (C=O) groups excluding carboxylic acids is 1. The lowest BCUT2D eigenvalue weighted by Crippen LogP contribution is -2.52. The van der Waals surface area contributed by atoms with Crippen molar-refractivity contribution < 1.29 is 9.53 Å². The van der Waals surface area contributed by atoms with Crippen molar-refractivity contribution in [2.45, 2.75) is 31.7 Å². The molecule has 1 aliphatic heterocycles. The van der Waals surface area contributed by atoms with Gasteiger partial charge in [-0.15, -0.1) is 0 Å². The molecule has 0 saturated carbocycles. The van der Waals surface area contributed by atoms with Crippen LogP contribution in [0.1, 0.15) is 25.3 Å². The molecule has 1 aromatic carbocycles. The van der Waals surface area contributed by atoms with Gasteiger partial charge in [-0.2, -0.15) is 0 Å². The number of amides is 1. The zero-order valence-electron chi connectivity index (χ0n) is 11.7. The molecule has 0 aliphatic carbocycles. The number of rotatable bonds is 4. The summed E-state index contributed by atoms with van der Waals surface area (Å²) in [6.07, 6.45) is 2.37. The van der Waals surface area contributed by atoms with Crippen LogP contribution >= 0.6 is 0 Å². The fourth-order valence-corrected chi connectivity index (χ4v) is 2.45. The minimum atomic E-state index is -0.0683. The van der Waals surface area contributed by atoms with Crippen LogP contribution in [0.3, 0.4) is 0 Å². The van der Waals surface area contributed by atoms with Crippen LogP contribution in [0.5, 0.6) is 5.75 Å². The van der Waals surface area contributed by atoms with Crippen molar-refractivity contribution in [2.24, 2.45) is 0 Å². The molecule has 2 rings (SSSR count). The lowest BCUT2D eigenvalue weighted by Gasteiger charge is -2.35. The fourth-order valence-electron chi connectivity index (χ4n) is 2.45. The van der Waals surface area contributed by atoms with E-state index in [0.29, 0.717) is 6.42 Å². The van der Waals surface area contributed by atoms with Crippen LogP contribution in [0.15, 0.2) is 24.3 Å². The quantitative estimate of drug-likeness (QED) is 0.864. The maximum Gasteiger partial charge on any atom is 0.224 e. The second-order valence-corrected chi connectivity index (χ2v) is 5.39. The molecule has 0 radical (unpaired) electrons. The van der Waals surface area contributed by atoms with Crippen LogP contribution in [-0.4, -0.2) is 31.6 Å². The highest BCUT2D eigenvalue weighted by Crippen LogP contribution is 2.18. The average molecular weight is 262 g/mol. The average Bonchev–Trinajstić information content (AvgIpc) is 2.39. The highest BCUT2D eigenvalue weighted by atomic mass is 16.5. The van der Waals surface area contributed by atoms with Gasteiger partial charge in [0.2, 0.25) is 5.91 Å². The number of ether oxygens (including phenoxy) is 1. The minimum absolute atomic E-state index is 0.0683. The van der Waals surface area contributed by atoms with E-state index in [1.54, 1.807) is 7.11 Å². The third kappa shape index (κ3) is 3.96. The molecule has 0 atom stereocenters. The van der Waals surface area contributed by atoms with Crippen LogP contribution in [0.25, 0.3) is 0 Å². The third-order valence-corrected chi connectivity index (χ3v) is 3.65. The zero-order chi connectivity index (χ0) is 13.7. The van der Waals surface area contributed by atoms with E-state index < -0.39 is 0 Å². The molecular weight excluding hydrogens is 240 g/mol. The number of benzene rings is 1. The number of hydrogen-bond acceptors (Lipinski definition) is 3. The summed E-state index contributed by atoms with van der Waals surface area (Å²) in [5.74, 6) is 0.871. The van der Waals surface area contributed by atoms with Crippen molar-refractivity contribution in [3.63, 3.8) is 0 Å². The van der Waals surface area contributed by atoms with Gasteiger partial charge in [-0.1, -0.05) is 12.1 Å². The van der Waals surface area contributed by atoms with Gasteiger partial charge in [0.05, 0.1) is 13.5 Å². The van der Waals surface area contributed by atoms with Gasteiger partial charge in [-0.3, -0.25) is 4.79 Å². The topological polar surface area (TPSA) is 50.4 Å². The number of nitrogens with one attached hydrogen (secondary N) is 2. The van der Waals surface area contributed by atoms with Gasteiger partial charge < -0.3 is 15.4 Å². The first-order valence-corrected chi connectivity index (χ1v) is 6.76. The molecular formula is C15H22N2O2. The van der Waals surface area contributed by atoms with Crippen LogP contribution in [0.4, 0.5) is 0 Å². The van der Waals surface area contributed by atoms with E-state index in [0.717, 1.165) is 37.2 Å². The molecule has 1 amide bonds. The Balaban J connectivity index is 1.93. The predicted molar refractivity (Wildman–Crippen MR) is 75.3 cm³/mol.